The largest absolute Gasteiger partial charge is 0.348 e. The molecule has 0 fully saturated rings. The highest BCUT2D eigenvalue weighted by Crippen LogP contribution is 2.14. The van der Waals surface area contributed by atoms with Gasteiger partial charge in [0.25, 0.3) is 0 Å². The normalized spacial score (nSPS) is 11.2. The van der Waals surface area contributed by atoms with E-state index in [9.17, 15) is 0 Å². The van der Waals surface area contributed by atoms with E-state index in [1.807, 2.05) is 36.4 Å². The fourth-order valence-electron chi connectivity index (χ4n) is 1.94. The summed E-state index contributed by atoms with van der Waals surface area (Å²) in [6.45, 7) is 5.39. The minimum atomic E-state index is -0.185. The molecule has 0 N–H and O–H groups in total. The minimum absolute atomic E-state index is 0.185. The van der Waals surface area contributed by atoms with Gasteiger partial charge in [0.15, 0.2) is 6.29 Å². The van der Waals surface area contributed by atoms with E-state index in [1.54, 1.807) is 0 Å². The molecular weight excluding hydrogens is 248 g/mol. The van der Waals surface area contributed by atoms with Crippen LogP contribution < -0.4 is 0 Å². The van der Waals surface area contributed by atoms with Crippen LogP contribution in [0.2, 0.25) is 0 Å². The molecule has 0 aromatic heterocycles. The molecule has 0 aliphatic heterocycles. The van der Waals surface area contributed by atoms with Gasteiger partial charge in [0, 0.05) is 5.92 Å². The van der Waals surface area contributed by atoms with Crippen LogP contribution in [0.5, 0.6) is 0 Å². The second-order valence-electron chi connectivity index (χ2n) is 5.21. The third kappa shape index (κ3) is 4.80. The Morgan fingerprint density at radius 2 is 1.10 bits per heavy atom. The molecule has 0 amide bonds. The molecule has 0 atom stereocenters. The quantitative estimate of drug-likeness (QED) is 0.694. The van der Waals surface area contributed by atoms with E-state index in [4.69, 9.17) is 9.47 Å². The molecule has 2 heteroatoms. The lowest BCUT2D eigenvalue weighted by atomic mass is 10.2. The summed E-state index contributed by atoms with van der Waals surface area (Å²) >= 11 is 0. The summed E-state index contributed by atoms with van der Waals surface area (Å²) in [5.41, 5.74) is 2.34. The van der Waals surface area contributed by atoms with Gasteiger partial charge in [0.2, 0.25) is 0 Å². The lowest BCUT2D eigenvalue weighted by Crippen LogP contribution is -2.23. The Hall–Kier alpha value is -1.64. The van der Waals surface area contributed by atoms with E-state index in [2.05, 4.69) is 38.1 Å². The average molecular weight is 270 g/mol. The SMILES string of the molecule is CC(C)C(OCc1ccccc1)OCc1ccccc1. The molecule has 0 heterocycles. The van der Waals surface area contributed by atoms with E-state index in [-0.39, 0.29) is 6.29 Å². The topological polar surface area (TPSA) is 18.5 Å². The zero-order valence-electron chi connectivity index (χ0n) is 12.2. The average Bonchev–Trinajstić information content (AvgIpc) is 2.49. The molecule has 0 saturated heterocycles. The zero-order chi connectivity index (χ0) is 14.2. The number of benzene rings is 2. The van der Waals surface area contributed by atoms with E-state index in [0.29, 0.717) is 19.1 Å². The standard InChI is InChI=1S/C18H22O2/c1-15(2)18(19-13-16-9-5-3-6-10-16)20-14-17-11-7-4-8-12-17/h3-12,15,18H,13-14H2,1-2H3. The smallest absolute Gasteiger partial charge is 0.160 e. The van der Waals surface area contributed by atoms with Crippen LogP contribution >= 0.6 is 0 Å². The van der Waals surface area contributed by atoms with Crippen molar-refractivity contribution in [3.8, 4) is 0 Å². The van der Waals surface area contributed by atoms with Crippen molar-refractivity contribution in [2.75, 3.05) is 0 Å². The second kappa shape index (κ2) is 7.83. The van der Waals surface area contributed by atoms with Crippen molar-refractivity contribution in [2.24, 2.45) is 5.92 Å². The van der Waals surface area contributed by atoms with Crippen LogP contribution in [-0.4, -0.2) is 6.29 Å². The first-order valence-electron chi connectivity index (χ1n) is 7.07. The fraction of sp³-hybridized carbons (Fsp3) is 0.333. The van der Waals surface area contributed by atoms with E-state index in [1.165, 1.54) is 11.1 Å². The minimum Gasteiger partial charge on any atom is -0.348 e. The summed E-state index contributed by atoms with van der Waals surface area (Å²) in [6, 6.07) is 20.4. The molecule has 2 nitrogen and oxygen atoms in total. The van der Waals surface area contributed by atoms with E-state index >= 15 is 0 Å². The Bertz CT molecular complexity index is 436. The Labute approximate surface area is 121 Å². The zero-order valence-corrected chi connectivity index (χ0v) is 12.2. The van der Waals surface area contributed by atoms with Crippen molar-refractivity contribution in [1.82, 2.24) is 0 Å². The van der Waals surface area contributed by atoms with Crippen molar-refractivity contribution in [3.05, 3.63) is 71.8 Å². The van der Waals surface area contributed by atoms with Crippen LogP contribution in [0.25, 0.3) is 0 Å². The Kier molecular flexibility index (Phi) is 5.78. The maximum atomic E-state index is 5.89. The predicted molar refractivity (Wildman–Crippen MR) is 81.1 cm³/mol. The van der Waals surface area contributed by atoms with Gasteiger partial charge in [-0.3, -0.25) is 0 Å². The number of ether oxygens (including phenoxy) is 2. The summed E-state index contributed by atoms with van der Waals surface area (Å²) < 4.78 is 11.8. The van der Waals surface area contributed by atoms with Crippen molar-refractivity contribution in [1.29, 1.82) is 0 Å². The van der Waals surface area contributed by atoms with Gasteiger partial charge in [-0.15, -0.1) is 0 Å². The van der Waals surface area contributed by atoms with Crippen molar-refractivity contribution < 1.29 is 9.47 Å². The van der Waals surface area contributed by atoms with E-state index in [0.717, 1.165) is 0 Å². The lowest BCUT2D eigenvalue weighted by molar-refractivity contribution is -0.179. The van der Waals surface area contributed by atoms with Gasteiger partial charge in [0.1, 0.15) is 0 Å². The van der Waals surface area contributed by atoms with Crippen molar-refractivity contribution in [3.63, 3.8) is 0 Å². The van der Waals surface area contributed by atoms with Gasteiger partial charge >= 0.3 is 0 Å². The Morgan fingerprint density at radius 1 is 0.700 bits per heavy atom. The van der Waals surface area contributed by atoms with Gasteiger partial charge in [-0.25, -0.2) is 0 Å². The lowest BCUT2D eigenvalue weighted by Gasteiger charge is -2.22. The van der Waals surface area contributed by atoms with Crippen LogP contribution in [0.4, 0.5) is 0 Å². The van der Waals surface area contributed by atoms with Crippen LogP contribution in [-0.2, 0) is 22.7 Å². The molecule has 0 radical (unpaired) electrons. The van der Waals surface area contributed by atoms with Gasteiger partial charge in [0.05, 0.1) is 13.2 Å². The van der Waals surface area contributed by atoms with Gasteiger partial charge in [-0.05, 0) is 11.1 Å². The molecule has 20 heavy (non-hydrogen) atoms. The Morgan fingerprint density at radius 3 is 1.45 bits per heavy atom. The summed E-state index contributed by atoms with van der Waals surface area (Å²) in [7, 11) is 0. The molecule has 0 bridgehead atoms. The highest BCUT2D eigenvalue weighted by atomic mass is 16.7. The summed E-state index contributed by atoms with van der Waals surface area (Å²) in [6.07, 6.45) is -0.185. The third-order valence-corrected chi connectivity index (χ3v) is 3.06. The van der Waals surface area contributed by atoms with Gasteiger partial charge in [-0.1, -0.05) is 74.5 Å². The maximum Gasteiger partial charge on any atom is 0.160 e. The van der Waals surface area contributed by atoms with Crippen LogP contribution in [0, 0.1) is 5.92 Å². The summed E-state index contributed by atoms with van der Waals surface area (Å²) in [5.74, 6) is 0.322. The Balaban J connectivity index is 1.84. The molecular formula is C18H22O2. The molecule has 0 aliphatic carbocycles. The van der Waals surface area contributed by atoms with Crippen molar-refractivity contribution in [2.45, 2.75) is 33.4 Å². The van der Waals surface area contributed by atoms with Gasteiger partial charge in [-0.2, -0.15) is 0 Å². The molecule has 2 aromatic rings. The predicted octanol–water partition coefficient (Wildman–Crippen LogP) is 4.40. The highest BCUT2D eigenvalue weighted by molar-refractivity contribution is 5.14. The van der Waals surface area contributed by atoms with Gasteiger partial charge < -0.3 is 9.47 Å². The number of rotatable bonds is 7. The molecule has 0 saturated carbocycles. The number of hydrogen-bond acceptors (Lipinski definition) is 2. The van der Waals surface area contributed by atoms with E-state index < -0.39 is 0 Å². The first-order chi connectivity index (χ1) is 9.75. The molecule has 2 aromatic carbocycles. The molecule has 2 rings (SSSR count). The molecule has 0 spiro atoms. The van der Waals surface area contributed by atoms with Crippen molar-refractivity contribution >= 4 is 0 Å². The first kappa shape index (κ1) is 14.8. The maximum absolute atomic E-state index is 5.89. The summed E-state index contributed by atoms with van der Waals surface area (Å²) in [5, 5.41) is 0. The van der Waals surface area contributed by atoms with Crippen LogP contribution in [0.1, 0.15) is 25.0 Å². The second-order valence-corrected chi connectivity index (χ2v) is 5.21. The monoisotopic (exact) mass is 270 g/mol. The molecule has 106 valence electrons. The highest BCUT2D eigenvalue weighted by Gasteiger charge is 2.14. The summed E-state index contributed by atoms with van der Waals surface area (Å²) in [4.78, 5) is 0. The van der Waals surface area contributed by atoms with Crippen LogP contribution in [0.15, 0.2) is 60.7 Å². The van der Waals surface area contributed by atoms with Crippen LogP contribution in [0.3, 0.4) is 0 Å². The third-order valence-electron chi connectivity index (χ3n) is 3.06. The fourth-order valence-corrected chi connectivity index (χ4v) is 1.94. The number of hydrogen-bond donors (Lipinski definition) is 0. The first-order valence-corrected chi connectivity index (χ1v) is 7.07. The molecule has 0 unspecified atom stereocenters. The molecule has 0 aliphatic rings.